The fourth-order valence-electron chi connectivity index (χ4n) is 2.53. The van der Waals surface area contributed by atoms with E-state index in [1.165, 1.54) is 22.3 Å². The highest BCUT2D eigenvalue weighted by atomic mass is 16.5. The van der Waals surface area contributed by atoms with E-state index in [4.69, 9.17) is 4.74 Å². The van der Waals surface area contributed by atoms with Gasteiger partial charge in [0.1, 0.15) is 0 Å². The molecule has 4 heteroatoms. The molecule has 2 rings (SSSR count). The highest BCUT2D eigenvalue weighted by molar-refractivity contribution is 5.79. The Bertz CT molecular complexity index is 667. The van der Waals surface area contributed by atoms with E-state index in [0.717, 1.165) is 19.0 Å². The van der Waals surface area contributed by atoms with Crippen molar-refractivity contribution in [2.24, 2.45) is 4.99 Å². The molecule has 0 bridgehead atoms. The van der Waals surface area contributed by atoms with Crippen LogP contribution < -0.4 is 10.6 Å². The molecule has 0 heterocycles. The minimum absolute atomic E-state index is 0.620. The molecule has 0 atom stereocenters. The molecule has 0 aliphatic carbocycles. The molecule has 4 nitrogen and oxygen atoms in total. The minimum atomic E-state index is 0.620. The van der Waals surface area contributed by atoms with Gasteiger partial charge in [-0.3, -0.25) is 0 Å². The van der Waals surface area contributed by atoms with Crippen LogP contribution in [0.1, 0.15) is 29.2 Å². The molecular weight excluding hydrogens is 298 g/mol. The van der Waals surface area contributed by atoms with Crippen molar-refractivity contribution in [3.63, 3.8) is 0 Å². The quantitative estimate of drug-likeness (QED) is 0.606. The first-order chi connectivity index (χ1) is 11.7. The fourth-order valence-corrected chi connectivity index (χ4v) is 2.53. The summed E-state index contributed by atoms with van der Waals surface area (Å²) >= 11 is 0. The lowest BCUT2D eigenvalue weighted by atomic mass is 10.1. The second kappa shape index (κ2) is 9.73. The highest BCUT2D eigenvalue weighted by Gasteiger charge is 2.03. The van der Waals surface area contributed by atoms with Crippen LogP contribution in [0.25, 0.3) is 0 Å². The lowest BCUT2D eigenvalue weighted by molar-refractivity contribution is 0.184. The minimum Gasteiger partial charge on any atom is -0.380 e. The fraction of sp³-hybridized carbons (Fsp3) is 0.350. The molecular formula is C20H27N3O. The van der Waals surface area contributed by atoms with E-state index in [-0.39, 0.29) is 0 Å². The SMILES string of the molecule is CCNC(=NCc1cccc(C)c1)NCc1ccccc1COC. The van der Waals surface area contributed by atoms with Crippen molar-refractivity contribution >= 4 is 5.96 Å². The van der Waals surface area contributed by atoms with Gasteiger partial charge in [-0.25, -0.2) is 4.99 Å². The standard InChI is InChI=1S/C20H27N3O/c1-4-21-20(22-13-17-9-7-8-16(2)12-17)23-14-18-10-5-6-11-19(18)15-24-3/h5-12H,4,13-15H2,1-3H3,(H2,21,22,23). The molecule has 24 heavy (non-hydrogen) atoms. The Kier molecular flexibility index (Phi) is 7.30. The topological polar surface area (TPSA) is 45.7 Å². The first kappa shape index (κ1) is 18.0. The van der Waals surface area contributed by atoms with E-state index in [0.29, 0.717) is 13.2 Å². The average molecular weight is 325 g/mol. The predicted molar refractivity (Wildman–Crippen MR) is 100.0 cm³/mol. The number of benzene rings is 2. The molecule has 0 amide bonds. The Morgan fingerprint density at radius 3 is 2.54 bits per heavy atom. The molecule has 0 spiro atoms. The third-order valence-corrected chi connectivity index (χ3v) is 3.71. The number of methoxy groups -OCH3 is 1. The van der Waals surface area contributed by atoms with Gasteiger partial charge in [0.25, 0.3) is 0 Å². The first-order valence-electron chi connectivity index (χ1n) is 8.36. The van der Waals surface area contributed by atoms with Gasteiger partial charge < -0.3 is 15.4 Å². The maximum absolute atomic E-state index is 5.27. The zero-order chi connectivity index (χ0) is 17.2. The van der Waals surface area contributed by atoms with Crippen LogP contribution in [0, 0.1) is 6.92 Å². The van der Waals surface area contributed by atoms with E-state index < -0.39 is 0 Å². The number of ether oxygens (including phenoxy) is 1. The van der Waals surface area contributed by atoms with Crippen LogP contribution in [0.5, 0.6) is 0 Å². The molecule has 0 fully saturated rings. The second-order valence-electron chi connectivity index (χ2n) is 5.74. The van der Waals surface area contributed by atoms with Crippen LogP contribution in [0.2, 0.25) is 0 Å². The Morgan fingerprint density at radius 1 is 1.04 bits per heavy atom. The number of rotatable bonds is 7. The summed E-state index contributed by atoms with van der Waals surface area (Å²) in [7, 11) is 1.72. The van der Waals surface area contributed by atoms with Crippen molar-refractivity contribution in [1.82, 2.24) is 10.6 Å². The number of aryl methyl sites for hydroxylation is 1. The Labute approximate surface area is 145 Å². The van der Waals surface area contributed by atoms with Crippen LogP contribution in [-0.4, -0.2) is 19.6 Å². The summed E-state index contributed by atoms with van der Waals surface area (Å²) in [5.41, 5.74) is 4.89. The third kappa shape index (κ3) is 5.70. The average Bonchev–Trinajstić information content (AvgIpc) is 2.59. The molecule has 128 valence electrons. The lowest BCUT2D eigenvalue weighted by Gasteiger charge is -2.14. The monoisotopic (exact) mass is 325 g/mol. The van der Waals surface area contributed by atoms with Crippen molar-refractivity contribution in [3.8, 4) is 0 Å². The maximum Gasteiger partial charge on any atom is 0.191 e. The van der Waals surface area contributed by atoms with Crippen LogP contribution >= 0.6 is 0 Å². The summed E-state index contributed by atoms with van der Waals surface area (Å²) in [5.74, 6) is 0.825. The molecule has 2 aromatic carbocycles. The largest absolute Gasteiger partial charge is 0.380 e. The number of nitrogens with zero attached hydrogens (tertiary/aromatic N) is 1. The predicted octanol–water partition coefficient (Wildman–Crippen LogP) is 3.40. The molecule has 0 saturated carbocycles. The van der Waals surface area contributed by atoms with Crippen molar-refractivity contribution in [2.45, 2.75) is 33.5 Å². The number of hydrogen-bond acceptors (Lipinski definition) is 2. The summed E-state index contributed by atoms with van der Waals surface area (Å²) < 4.78 is 5.27. The summed E-state index contributed by atoms with van der Waals surface area (Å²) in [5, 5.41) is 6.70. The van der Waals surface area contributed by atoms with Crippen LogP contribution in [0.4, 0.5) is 0 Å². The lowest BCUT2D eigenvalue weighted by Crippen LogP contribution is -2.37. The zero-order valence-electron chi connectivity index (χ0n) is 14.8. The van der Waals surface area contributed by atoms with Crippen LogP contribution in [-0.2, 0) is 24.4 Å². The van der Waals surface area contributed by atoms with Gasteiger partial charge in [0.2, 0.25) is 0 Å². The van der Waals surface area contributed by atoms with Gasteiger partial charge in [-0.1, -0.05) is 54.1 Å². The highest BCUT2D eigenvalue weighted by Crippen LogP contribution is 2.10. The summed E-state index contributed by atoms with van der Waals surface area (Å²) in [6.45, 7) is 7.01. The van der Waals surface area contributed by atoms with Gasteiger partial charge in [-0.15, -0.1) is 0 Å². The van der Waals surface area contributed by atoms with Gasteiger partial charge in [0.05, 0.1) is 13.2 Å². The number of nitrogens with one attached hydrogen (secondary N) is 2. The Balaban J connectivity index is 2.02. The summed E-state index contributed by atoms with van der Waals surface area (Å²) in [6, 6.07) is 16.7. The molecule has 0 aliphatic heterocycles. The van der Waals surface area contributed by atoms with Gasteiger partial charge in [0, 0.05) is 20.2 Å². The molecule has 0 radical (unpaired) electrons. The van der Waals surface area contributed by atoms with Crippen LogP contribution in [0.3, 0.4) is 0 Å². The van der Waals surface area contributed by atoms with Crippen molar-refractivity contribution < 1.29 is 4.74 Å². The number of hydrogen-bond donors (Lipinski definition) is 2. The molecule has 2 N–H and O–H groups in total. The molecule has 2 aromatic rings. The third-order valence-electron chi connectivity index (χ3n) is 3.71. The maximum atomic E-state index is 5.27. The van der Waals surface area contributed by atoms with E-state index in [1.54, 1.807) is 7.11 Å². The first-order valence-corrected chi connectivity index (χ1v) is 8.36. The molecule has 0 unspecified atom stereocenters. The summed E-state index contributed by atoms with van der Waals surface area (Å²) in [6.07, 6.45) is 0. The molecule has 0 aliphatic rings. The Hall–Kier alpha value is -2.33. The Morgan fingerprint density at radius 2 is 1.83 bits per heavy atom. The molecule has 0 saturated heterocycles. The molecule has 0 aromatic heterocycles. The van der Waals surface area contributed by atoms with Gasteiger partial charge in [0.15, 0.2) is 5.96 Å². The van der Waals surface area contributed by atoms with Crippen molar-refractivity contribution in [2.75, 3.05) is 13.7 Å². The number of aliphatic imine (C=N–C) groups is 1. The summed E-state index contributed by atoms with van der Waals surface area (Å²) in [4.78, 5) is 4.68. The van der Waals surface area contributed by atoms with Gasteiger partial charge >= 0.3 is 0 Å². The normalized spacial score (nSPS) is 11.4. The van der Waals surface area contributed by atoms with Crippen LogP contribution in [0.15, 0.2) is 53.5 Å². The smallest absolute Gasteiger partial charge is 0.191 e. The van der Waals surface area contributed by atoms with E-state index in [2.05, 4.69) is 65.9 Å². The second-order valence-corrected chi connectivity index (χ2v) is 5.74. The van der Waals surface area contributed by atoms with Crippen molar-refractivity contribution in [1.29, 1.82) is 0 Å². The number of guanidine groups is 1. The van der Waals surface area contributed by atoms with Gasteiger partial charge in [-0.05, 0) is 30.5 Å². The van der Waals surface area contributed by atoms with Crippen molar-refractivity contribution in [3.05, 3.63) is 70.8 Å². The van der Waals surface area contributed by atoms with E-state index >= 15 is 0 Å². The zero-order valence-corrected chi connectivity index (χ0v) is 14.8. The van der Waals surface area contributed by atoms with E-state index in [9.17, 15) is 0 Å². The van der Waals surface area contributed by atoms with E-state index in [1.807, 2.05) is 12.1 Å². The van der Waals surface area contributed by atoms with Gasteiger partial charge in [-0.2, -0.15) is 0 Å².